The first-order valence-electron chi connectivity index (χ1n) is 19.4. The topological polar surface area (TPSA) is 38.7 Å². The molecule has 6 aromatic rings. The number of benzene rings is 3. The van der Waals surface area contributed by atoms with Gasteiger partial charge >= 0.3 is 20.1 Å². The Balaban J connectivity index is 0.00000514. The third kappa shape index (κ3) is 8.47. The van der Waals surface area contributed by atoms with E-state index in [0.717, 1.165) is 67.5 Å². The predicted octanol–water partition coefficient (Wildman–Crippen LogP) is 11.9. The molecule has 1 aliphatic rings. The minimum atomic E-state index is -0.242. The van der Waals surface area contributed by atoms with Crippen LogP contribution < -0.4 is 0 Å². The summed E-state index contributed by atoms with van der Waals surface area (Å²) in [6.45, 7) is 26.9. The standard InChI is InChI=1S/C51H54N3.Ir/c1-31-22-40-46(34-16-13-19-37(28-34)49(4,5)6)42-24-32(2)26-44(53-42)48(36-18-15-21-39(30-36)51(10,11)12)45-27-33(3)25-43(54-45)47(41(23-31)52-40)35-17-14-20-38(29-35)50(7,8)9;/h13-15,19-30,46-48H,1-12H3;/q-3;+3. The van der Waals surface area contributed by atoms with Crippen LogP contribution in [0.15, 0.2) is 91.0 Å². The molecule has 282 valence electrons. The number of rotatable bonds is 3. The second-order valence-corrected chi connectivity index (χ2v) is 18.6. The van der Waals surface area contributed by atoms with Gasteiger partial charge in [0.15, 0.2) is 0 Å². The van der Waals surface area contributed by atoms with E-state index >= 15 is 0 Å². The normalized spacial score (nSPS) is 17.1. The second-order valence-electron chi connectivity index (χ2n) is 18.6. The Bertz CT molecular complexity index is 2020. The van der Waals surface area contributed by atoms with E-state index in [1.807, 2.05) is 0 Å². The Morgan fingerprint density at radius 2 is 0.600 bits per heavy atom. The smallest absolute Gasteiger partial charge is 0.256 e. The average molecular weight is 901 g/mol. The summed E-state index contributed by atoms with van der Waals surface area (Å²) >= 11 is 0. The molecule has 4 heterocycles. The molecule has 3 aromatic heterocycles. The molecule has 6 bridgehead atoms. The van der Waals surface area contributed by atoms with Crippen LogP contribution in [0.4, 0.5) is 0 Å². The van der Waals surface area contributed by atoms with Gasteiger partial charge < -0.3 is 0 Å². The Labute approximate surface area is 343 Å². The van der Waals surface area contributed by atoms with Gasteiger partial charge in [0.05, 0.1) is 34.2 Å². The Morgan fingerprint density at radius 1 is 0.382 bits per heavy atom. The van der Waals surface area contributed by atoms with E-state index in [0.29, 0.717) is 0 Å². The summed E-state index contributed by atoms with van der Waals surface area (Å²) in [6.07, 6.45) is 0. The number of aryl methyl sites for hydroxylation is 3. The molecular formula is C51H54IrN3. The zero-order valence-corrected chi connectivity index (χ0v) is 37.0. The van der Waals surface area contributed by atoms with Crippen molar-refractivity contribution in [2.24, 2.45) is 0 Å². The third-order valence-corrected chi connectivity index (χ3v) is 10.8. The third-order valence-electron chi connectivity index (χ3n) is 10.8. The monoisotopic (exact) mass is 901 g/mol. The van der Waals surface area contributed by atoms with E-state index in [-0.39, 0.29) is 54.1 Å². The summed E-state index contributed by atoms with van der Waals surface area (Å²) in [6, 6.07) is 44.1. The molecule has 3 aromatic carbocycles. The molecule has 0 atom stereocenters. The molecule has 0 N–H and O–H groups in total. The second kappa shape index (κ2) is 15.0. The van der Waals surface area contributed by atoms with Crippen LogP contribution in [0.2, 0.25) is 0 Å². The Hall–Kier alpha value is -4.24. The first-order chi connectivity index (χ1) is 25.3. The van der Waals surface area contributed by atoms with Gasteiger partial charge in [-0.3, -0.25) is 15.0 Å². The van der Waals surface area contributed by atoms with E-state index in [9.17, 15) is 0 Å². The molecule has 0 saturated heterocycles. The van der Waals surface area contributed by atoms with E-state index < -0.39 is 0 Å². The molecule has 3 nitrogen and oxygen atoms in total. The van der Waals surface area contributed by atoms with Gasteiger partial charge in [-0.1, -0.05) is 62.3 Å². The van der Waals surface area contributed by atoms with Gasteiger partial charge in [-0.25, -0.2) is 0 Å². The van der Waals surface area contributed by atoms with Crippen molar-refractivity contribution in [2.45, 2.75) is 117 Å². The van der Waals surface area contributed by atoms with Crippen molar-refractivity contribution < 1.29 is 20.1 Å². The fraction of sp³-hybridized carbons (Fsp3) is 0.353. The molecule has 1 aliphatic heterocycles. The molecule has 4 heteroatoms. The molecule has 0 fully saturated rings. The molecule has 0 saturated carbocycles. The van der Waals surface area contributed by atoms with Gasteiger partial charge in [0.1, 0.15) is 0 Å². The van der Waals surface area contributed by atoms with Gasteiger partial charge in [-0.05, 0) is 90.1 Å². The van der Waals surface area contributed by atoms with Crippen LogP contribution in [0.5, 0.6) is 0 Å². The number of aromatic nitrogens is 3. The van der Waals surface area contributed by atoms with Crippen LogP contribution in [-0.2, 0) is 36.4 Å². The largest absolute Gasteiger partial charge is 3.00 e. The fourth-order valence-corrected chi connectivity index (χ4v) is 7.82. The van der Waals surface area contributed by atoms with Crippen molar-refractivity contribution in [3.05, 3.63) is 193 Å². The number of hydrogen-bond donors (Lipinski definition) is 0. The number of pyridine rings is 3. The molecule has 55 heavy (non-hydrogen) atoms. The van der Waals surface area contributed by atoms with E-state index in [1.165, 1.54) is 16.7 Å². The molecule has 0 radical (unpaired) electrons. The zero-order chi connectivity index (χ0) is 38.7. The van der Waals surface area contributed by atoms with Crippen LogP contribution in [0.3, 0.4) is 0 Å². The zero-order valence-electron chi connectivity index (χ0n) is 34.6. The van der Waals surface area contributed by atoms with Crippen LogP contribution in [-0.4, -0.2) is 15.0 Å². The van der Waals surface area contributed by atoms with Gasteiger partial charge in [-0.2, -0.15) is 89.5 Å². The summed E-state index contributed by atoms with van der Waals surface area (Å²) in [5.74, 6) is -0.727. The average Bonchev–Trinajstić information content (AvgIpc) is 3.07. The van der Waals surface area contributed by atoms with Crippen molar-refractivity contribution in [2.75, 3.05) is 0 Å². The van der Waals surface area contributed by atoms with Crippen LogP contribution in [0, 0.1) is 39.0 Å². The summed E-state index contributed by atoms with van der Waals surface area (Å²) in [4.78, 5) is 16.9. The molecule has 0 unspecified atom stereocenters. The maximum atomic E-state index is 5.62. The van der Waals surface area contributed by atoms with Crippen LogP contribution in [0.1, 0.15) is 164 Å². The summed E-state index contributed by atoms with van der Waals surface area (Å²) in [5, 5.41) is 0. The minimum Gasteiger partial charge on any atom is -0.256 e. The fourth-order valence-electron chi connectivity index (χ4n) is 7.82. The first-order valence-corrected chi connectivity index (χ1v) is 19.4. The van der Waals surface area contributed by atoms with Gasteiger partial charge in [-0.15, -0.1) is 16.7 Å². The summed E-state index contributed by atoms with van der Waals surface area (Å²) in [7, 11) is 0. The van der Waals surface area contributed by atoms with Gasteiger partial charge in [0, 0.05) is 17.8 Å². The minimum absolute atomic E-state index is 0. The van der Waals surface area contributed by atoms with Crippen molar-refractivity contribution in [1.29, 1.82) is 0 Å². The predicted molar refractivity (Wildman–Crippen MR) is 222 cm³/mol. The van der Waals surface area contributed by atoms with Crippen molar-refractivity contribution in [3.63, 3.8) is 0 Å². The van der Waals surface area contributed by atoms with Crippen molar-refractivity contribution >= 4 is 0 Å². The molecular weight excluding hydrogens is 847 g/mol. The number of hydrogen-bond acceptors (Lipinski definition) is 3. The number of nitrogens with zero attached hydrogens (tertiary/aromatic N) is 3. The molecule has 0 amide bonds. The van der Waals surface area contributed by atoms with Gasteiger partial charge in [0.2, 0.25) is 0 Å². The van der Waals surface area contributed by atoms with Gasteiger partial charge in [0.25, 0.3) is 0 Å². The molecule has 0 spiro atoms. The van der Waals surface area contributed by atoms with Crippen LogP contribution in [0.25, 0.3) is 0 Å². The molecule has 0 aliphatic carbocycles. The maximum Gasteiger partial charge on any atom is 3.00 e. The maximum absolute atomic E-state index is 5.62. The van der Waals surface area contributed by atoms with E-state index in [2.05, 4.69) is 192 Å². The molecule has 7 rings (SSSR count). The van der Waals surface area contributed by atoms with E-state index in [1.54, 1.807) is 0 Å². The van der Waals surface area contributed by atoms with Crippen molar-refractivity contribution in [3.8, 4) is 0 Å². The number of fused-ring (bicyclic) bond motifs is 6. The SMILES string of the molecule is Cc1cc2nc(c1)C(c1[c-]ccc(C(C)(C)C)c1)c1cc(C)cc(n1)C(c1[c-]ccc(C(C)(C)C)c1)c1cc(C)cc(n1)C2c1[c-]ccc(C(C)(C)C)c1.[Ir+3]. The Kier molecular flexibility index (Phi) is 11.0. The Morgan fingerprint density at radius 3 is 0.800 bits per heavy atom. The van der Waals surface area contributed by atoms with Crippen LogP contribution >= 0.6 is 0 Å². The van der Waals surface area contributed by atoms with Crippen molar-refractivity contribution in [1.82, 2.24) is 15.0 Å². The van der Waals surface area contributed by atoms with E-state index in [4.69, 9.17) is 15.0 Å². The summed E-state index contributed by atoms with van der Waals surface area (Å²) in [5.41, 5.74) is 16.1. The summed E-state index contributed by atoms with van der Waals surface area (Å²) < 4.78 is 0. The quantitative estimate of drug-likeness (QED) is 0.166. The first kappa shape index (κ1) is 40.4.